The minimum atomic E-state index is 0.569. The summed E-state index contributed by atoms with van der Waals surface area (Å²) < 4.78 is 10.7. The van der Waals surface area contributed by atoms with E-state index in [9.17, 15) is 0 Å². The van der Waals surface area contributed by atoms with Gasteiger partial charge in [-0.05, 0) is 103 Å². The summed E-state index contributed by atoms with van der Waals surface area (Å²) in [5.41, 5.74) is 10.9. The Labute approximate surface area is 277 Å². The third kappa shape index (κ3) is 6.18. The number of aromatic nitrogens is 4. The van der Waals surface area contributed by atoms with Gasteiger partial charge in [0.1, 0.15) is 17.3 Å². The number of para-hydroxylation sites is 1. The number of fused-ring (bicyclic) bond motifs is 3. The topological polar surface area (TPSA) is 44.9 Å². The van der Waals surface area contributed by atoms with Crippen LogP contribution in [0.2, 0.25) is 0 Å². The summed E-state index contributed by atoms with van der Waals surface area (Å²) >= 11 is 0. The minimum Gasteiger partial charge on any atom is -0.457 e. The van der Waals surface area contributed by atoms with Crippen LogP contribution < -0.4 is 4.74 Å². The predicted molar refractivity (Wildman–Crippen MR) is 194 cm³/mol. The summed E-state index contributed by atoms with van der Waals surface area (Å²) in [7, 11) is 0. The largest absolute Gasteiger partial charge is 0.457 e. The lowest BCUT2D eigenvalue weighted by Gasteiger charge is -2.18. The highest BCUT2D eigenvalue weighted by Crippen LogP contribution is 2.36. The lowest BCUT2D eigenvalue weighted by atomic mass is 9.86. The summed E-state index contributed by atoms with van der Waals surface area (Å²) in [6.07, 6.45) is 8.13. The normalized spacial score (nSPS) is 11.7. The third-order valence-electron chi connectivity index (χ3n) is 8.67. The number of ether oxygens (including phenoxy) is 1. The van der Waals surface area contributed by atoms with Crippen LogP contribution in [0.3, 0.4) is 0 Å². The maximum atomic E-state index is 6.51. The molecule has 47 heavy (non-hydrogen) atoms. The molecule has 0 aliphatic rings. The summed E-state index contributed by atoms with van der Waals surface area (Å²) in [6.45, 7) is 13.5. The summed E-state index contributed by atoms with van der Waals surface area (Å²) in [5, 5.41) is 7.20. The zero-order chi connectivity index (χ0) is 32.7. The number of hydrogen-bond acceptors (Lipinski definition) is 3. The second-order valence-corrected chi connectivity index (χ2v) is 13.7. The van der Waals surface area contributed by atoms with Crippen LogP contribution in [-0.4, -0.2) is 19.3 Å². The van der Waals surface area contributed by atoms with E-state index < -0.39 is 0 Å². The fourth-order valence-corrected chi connectivity index (χ4v) is 6.84. The van der Waals surface area contributed by atoms with E-state index in [1.165, 1.54) is 38.6 Å². The van der Waals surface area contributed by atoms with Crippen molar-refractivity contribution in [1.82, 2.24) is 19.3 Å². The van der Waals surface area contributed by atoms with Crippen molar-refractivity contribution in [1.29, 1.82) is 0 Å². The highest BCUT2D eigenvalue weighted by Gasteiger charge is 2.17. The Bertz CT molecular complexity index is 2190. The van der Waals surface area contributed by atoms with Crippen LogP contribution in [0.25, 0.3) is 44.4 Å². The van der Waals surface area contributed by atoms with Gasteiger partial charge in [0.05, 0.1) is 22.9 Å². The maximum Gasteiger partial charge on any atom is 0.137 e. The number of benzene rings is 4. The fourth-order valence-electron chi connectivity index (χ4n) is 6.84. The predicted octanol–water partition coefficient (Wildman–Crippen LogP) is 10.8. The van der Waals surface area contributed by atoms with E-state index in [1.54, 1.807) is 0 Å². The molecule has 5 heteroatoms. The smallest absolute Gasteiger partial charge is 0.137 e. The van der Waals surface area contributed by atoms with Crippen LogP contribution in [0.15, 0.2) is 110 Å². The first-order valence-electron chi connectivity index (χ1n) is 16.7. The molecule has 0 atom stereocenters. The van der Waals surface area contributed by atoms with Gasteiger partial charge >= 0.3 is 0 Å². The number of rotatable bonds is 9. The Morgan fingerprint density at radius 3 is 2.15 bits per heavy atom. The van der Waals surface area contributed by atoms with Crippen molar-refractivity contribution >= 4 is 21.8 Å². The fraction of sp³-hybridized carbons (Fsp3) is 0.238. The first kappa shape index (κ1) is 30.5. The highest BCUT2D eigenvalue weighted by atomic mass is 16.5. The lowest BCUT2D eigenvalue weighted by molar-refractivity contribution is 0.483. The molecule has 5 nitrogen and oxygen atoms in total. The Hall–Kier alpha value is -5.16. The molecule has 0 saturated carbocycles. The van der Waals surface area contributed by atoms with E-state index in [4.69, 9.17) is 14.8 Å². The van der Waals surface area contributed by atoms with E-state index in [0.717, 1.165) is 52.4 Å². The van der Waals surface area contributed by atoms with Crippen molar-refractivity contribution in [2.75, 3.05) is 0 Å². The van der Waals surface area contributed by atoms with Crippen LogP contribution >= 0.6 is 0 Å². The van der Waals surface area contributed by atoms with Crippen LogP contribution in [0.1, 0.15) is 49.9 Å². The van der Waals surface area contributed by atoms with E-state index in [2.05, 4.69) is 119 Å². The summed E-state index contributed by atoms with van der Waals surface area (Å²) in [6, 6.07) is 31.8. The SMILES string of the molecule is Cc1ccnc(-n2c3ccccc3c3ccc(Oc4cccc(-n5cc(-c6c(CC(C)C)cc(C)cc6CC(C)C)cn5)c4)cc32)c1. The molecule has 7 aromatic rings. The average Bonchev–Trinajstić information content (AvgIpc) is 3.63. The van der Waals surface area contributed by atoms with E-state index >= 15 is 0 Å². The van der Waals surface area contributed by atoms with Gasteiger partial charge in [-0.1, -0.05) is 69.7 Å². The molecule has 0 unspecified atom stereocenters. The number of aryl methyl sites for hydroxylation is 2. The van der Waals surface area contributed by atoms with Crippen molar-refractivity contribution in [3.63, 3.8) is 0 Å². The average molecular weight is 619 g/mol. The third-order valence-corrected chi connectivity index (χ3v) is 8.67. The molecule has 0 radical (unpaired) electrons. The molecule has 0 N–H and O–H groups in total. The van der Waals surface area contributed by atoms with Crippen molar-refractivity contribution in [3.05, 3.63) is 132 Å². The standard InChI is InChI=1S/C42H42N4O/c1-27(2)18-31-20-30(6)21-32(19-28(3)4)42(31)33-25-44-45(26-33)34-10-9-11-35(23-34)47-36-14-15-38-37-12-7-8-13-39(37)46(40(38)24-36)41-22-29(5)16-17-43-41/h7-17,20-28H,18-19H2,1-6H3. The number of hydrogen-bond donors (Lipinski definition) is 0. The molecule has 0 aliphatic heterocycles. The van der Waals surface area contributed by atoms with Gasteiger partial charge in [0.2, 0.25) is 0 Å². The van der Waals surface area contributed by atoms with E-state index in [0.29, 0.717) is 11.8 Å². The molecule has 4 aromatic carbocycles. The van der Waals surface area contributed by atoms with Gasteiger partial charge in [-0.3, -0.25) is 4.57 Å². The van der Waals surface area contributed by atoms with Gasteiger partial charge < -0.3 is 4.74 Å². The molecule has 0 aliphatic carbocycles. The first-order chi connectivity index (χ1) is 22.7. The van der Waals surface area contributed by atoms with Crippen molar-refractivity contribution in [3.8, 4) is 34.1 Å². The van der Waals surface area contributed by atoms with Crippen LogP contribution in [0.4, 0.5) is 0 Å². The van der Waals surface area contributed by atoms with E-state index in [-0.39, 0.29) is 0 Å². The Kier molecular flexibility index (Phi) is 8.15. The molecule has 3 heterocycles. The van der Waals surface area contributed by atoms with Gasteiger partial charge in [0, 0.05) is 40.9 Å². The zero-order valence-electron chi connectivity index (χ0n) is 28.2. The molecule has 3 aromatic heterocycles. The zero-order valence-corrected chi connectivity index (χ0v) is 28.2. The van der Waals surface area contributed by atoms with Gasteiger partial charge in [-0.2, -0.15) is 5.10 Å². The molecule has 0 fully saturated rings. The quantitative estimate of drug-likeness (QED) is 0.162. The monoisotopic (exact) mass is 618 g/mol. The Morgan fingerprint density at radius 1 is 0.681 bits per heavy atom. The summed E-state index contributed by atoms with van der Waals surface area (Å²) in [5.74, 6) is 3.56. The van der Waals surface area contributed by atoms with Crippen molar-refractivity contribution < 1.29 is 4.74 Å². The molecule has 236 valence electrons. The summed E-state index contributed by atoms with van der Waals surface area (Å²) in [4.78, 5) is 4.72. The van der Waals surface area contributed by atoms with Gasteiger partial charge in [-0.25, -0.2) is 9.67 Å². The van der Waals surface area contributed by atoms with Crippen LogP contribution in [-0.2, 0) is 12.8 Å². The second-order valence-electron chi connectivity index (χ2n) is 13.7. The molecular formula is C42H42N4O. The molecule has 0 saturated heterocycles. The van der Waals surface area contributed by atoms with E-state index in [1.807, 2.05) is 41.3 Å². The van der Waals surface area contributed by atoms with Gasteiger partial charge in [0.15, 0.2) is 0 Å². The Morgan fingerprint density at radius 2 is 1.40 bits per heavy atom. The molecule has 0 spiro atoms. The van der Waals surface area contributed by atoms with Crippen LogP contribution in [0, 0.1) is 25.7 Å². The van der Waals surface area contributed by atoms with Crippen molar-refractivity contribution in [2.45, 2.75) is 54.4 Å². The van der Waals surface area contributed by atoms with Gasteiger partial charge in [-0.15, -0.1) is 0 Å². The van der Waals surface area contributed by atoms with Crippen molar-refractivity contribution in [2.24, 2.45) is 11.8 Å². The first-order valence-corrected chi connectivity index (χ1v) is 16.7. The molecule has 0 amide bonds. The molecule has 0 bridgehead atoms. The highest BCUT2D eigenvalue weighted by molar-refractivity contribution is 6.09. The number of nitrogens with zero attached hydrogens (tertiary/aromatic N) is 4. The molecular weight excluding hydrogens is 576 g/mol. The minimum absolute atomic E-state index is 0.569. The molecule has 7 rings (SSSR count). The van der Waals surface area contributed by atoms with Crippen LogP contribution in [0.5, 0.6) is 11.5 Å². The van der Waals surface area contributed by atoms with Gasteiger partial charge in [0.25, 0.3) is 0 Å². The number of pyridine rings is 1. The maximum absolute atomic E-state index is 6.51. The Balaban J connectivity index is 1.24. The lowest BCUT2D eigenvalue weighted by Crippen LogP contribution is -2.04. The second kappa shape index (κ2) is 12.6.